The molecular formula is C23H18ClN5O. The molecular weight excluding hydrogens is 398 g/mol. The number of nitrogens with zero attached hydrogens (tertiary/aromatic N) is 4. The molecule has 6 nitrogen and oxygen atoms in total. The molecule has 0 fully saturated rings. The van der Waals surface area contributed by atoms with Crippen LogP contribution in [0, 0.1) is 11.3 Å². The van der Waals surface area contributed by atoms with Crippen LogP contribution in [0.15, 0.2) is 59.5 Å². The second kappa shape index (κ2) is 7.45. The summed E-state index contributed by atoms with van der Waals surface area (Å²) in [6.07, 6.45) is 1.80. The molecule has 4 aromatic rings. The van der Waals surface area contributed by atoms with E-state index in [0.29, 0.717) is 36.8 Å². The summed E-state index contributed by atoms with van der Waals surface area (Å²) in [5, 5.41) is 18.0. The normalized spacial score (nSPS) is 13.5. The van der Waals surface area contributed by atoms with E-state index in [0.717, 1.165) is 33.3 Å². The minimum Gasteiger partial charge on any atom is -0.290 e. The predicted molar refractivity (Wildman–Crippen MR) is 115 cm³/mol. The Kier molecular flexibility index (Phi) is 4.62. The highest BCUT2D eigenvalue weighted by molar-refractivity contribution is 6.30. The molecule has 30 heavy (non-hydrogen) atoms. The Bertz CT molecular complexity index is 1350. The number of H-pyrrole nitrogens is 1. The van der Waals surface area contributed by atoms with E-state index in [1.165, 1.54) is 0 Å². The van der Waals surface area contributed by atoms with Gasteiger partial charge in [0.1, 0.15) is 5.65 Å². The first-order valence-corrected chi connectivity index (χ1v) is 10.0. The molecule has 2 aromatic carbocycles. The van der Waals surface area contributed by atoms with Crippen LogP contribution in [0.3, 0.4) is 0 Å². The zero-order valence-electron chi connectivity index (χ0n) is 16.1. The van der Waals surface area contributed by atoms with Gasteiger partial charge in [-0.05, 0) is 41.0 Å². The summed E-state index contributed by atoms with van der Waals surface area (Å²) in [5.74, 6) is 0. The van der Waals surface area contributed by atoms with E-state index < -0.39 is 0 Å². The van der Waals surface area contributed by atoms with Crippen molar-refractivity contribution >= 4 is 22.6 Å². The standard InChI is InChI=1S/C23H18ClN5O/c24-18-6-4-15(5-7-18)12-29-22-19(10-26-27-22)20-13-28(14-21(20)23(29)30)11-17-3-1-2-16(8-17)9-25/h1-8,10H,11-14H2,(H,26,27). The van der Waals surface area contributed by atoms with Gasteiger partial charge in [0.15, 0.2) is 0 Å². The highest BCUT2D eigenvalue weighted by Crippen LogP contribution is 2.28. The number of aromatic amines is 1. The first-order chi connectivity index (χ1) is 14.6. The molecule has 0 spiro atoms. The van der Waals surface area contributed by atoms with Gasteiger partial charge in [-0.25, -0.2) is 0 Å². The van der Waals surface area contributed by atoms with E-state index in [1.807, 2.05) is 42.5 Å². The fourth-order valence-corrected chi connectivity index (χ4v) is 4.27. The van der Waals surface area contributed by atoms with Crippen molar-refractivity contribution in [1.82, 2.24) is 19.7 Å². The third-order valence-corrected chi connectivity index (χ3v) is 5.81. The van der Waals surface area contributed by atoms with Gasteiger partial charge in [-0.3, -0.25) is 19.4 Å². The molecule has 5 rings (SSSR count). The summed E-state index contributed by atoms with van der Waals surface area (Å²) < 4.78 is 1.75. The van der Waals surface area contributed by atoms with Crippen LogP contribution in [0.4, 0.5) is 0 Å². The van der Waals surface area contributed by atoms with Gasteiger partial charge < -0.3 is 0 Å². The number of rotatable bonds is 4. The van der Waals surface area contributed by atoms with Crippen molar-refractivity contribution in [3.63, 3.8) is 0 Å². The number of hydrogen-bond donors (Lipinski definition) is 1. The van der Waals surface area contributed by atoms with E-state index in [2.05, 4.69) is 21.2 Å². The van der Waals surface area contributed by atoms with Gasteiger partial charge >= 0.3 is 0 Å². The Hall–Kier alpha value is -3.40. The Morgan fingerprint density at radius 1 is 1.07 bits per heavy atom. The van der Waals surface area contributed by atoms with E-state index in [4.69, 9.17) is 16.9 Å². The van der Waals surface area contributed by atoms with Crippen LogP contribution >= 0.6 is 11.6 Å². The summed E-state index contributed by atoms with van der Waals surface area (Å²) in [6.45, 7) is 2.39. The summed E-state index contributed by atoms with van der Waals surface area (Å²) >= 11 is 5.99. The van der Waals surface area contributed by atoms with Crippen molar-refractivity contribution in [2.75, 3.05) is 0 Å². The maximum absolute atomic E-state index is 13.4. The van der Waals surface area contributed by atoms with Crippen LogP contribution in [-0.4, -0.2) is 19.7 Å². The highest BCUT2D eigenvalue weighted by Gasteiger charge is 2.27. The first kappa shape index (κ1) is 18.6. The maximum Gasteiger partial charge on any atom is 0.257 e. The van der Waals surface area contributed by atoms with E-state index in [-0.39, 0.29) is 5.56 Å². The molecule has 0 saturated heterocycles. The fourth-order valence-electron chi connectivity index (χ4n) is 4.14. The second-order valence-corrected chi connectivity index (χ2v) is 8.00. The van der Waals surface area contributed by atoms with Gasteiger partial charge in [0, 0.05) is 35.6 Å². The predicted octanol–water partition coefficient (Wildman–Crippen LogP) is 3.81. The molecule has 0 radical (unpaired) electrons. The molecule has 148 valence electrons. The Balaban J connectivity index is 1.50. The summed E-state index contributed by atoms with van der Waals surface area (Å²) in [5.41, 5.74) is 5.30. The molecule has 0 bridgehead atoms. The topological polar surface area (TPSA) is 77.7 Å². The molecule has 0 amide bonds. The van der Waals surface area contributed by atoms with Crippen molar-refractivity contribution < 1.29 is 0 Å². The summed E-state index contributed by atoms with van der Waals surface area (Å²) in [7, 11) is 0. The third kappa shape index (κ3) is 3.28. The SMILES string of the molecule is N#Cc1cccc(CN2Cc3c(c4cn[nH]c4n(Cc4ccc(Cl)cc4)c3=O)C2)c1. The fraction of sp³-hybridized carbons (Fsp3) is 0.174. The molecule has 7 heteroatoms. The maximum atomic E-state index is 13.4. The lowest BCUT2D eigenvalue weighted by Crippen LogP contribution is -2.26. The van der Waals surface area contributed by atoms with Crippen LogP contribution in [0.25, 0.3) is 11.0 Å². The monoisotopic (exact) mass is 415 g/mol. The van der Waals surface area contributed by atoms with Crippen molar-refractivity contribution in [2.24, 2.45) is 0 Å². The zero-order chi connectivity index (χ0) is 20.7. The van der Waals surface area contributed by atoms with Gasteiger partial charge in [-0.2, -0.15) is 10.4 Å². The van der Waals surface area contributed by atoms with Crippen LogP contribution < -0.4 is 5.56 Å². The number of fused-ring (bicyclic) bond motifs is 3. The quantitative estimate of drug-likeness (QED) is 0.549. The number of nitriles is 1. The minimum absolute atomic E-state index is 0.00461. The number of benzene rings is 2. The van der Waals surface area contributed by atoms with Crippen molar-refractivity contribution in [2.45, 2.75) is 26.2 Å². The Labute approximate surface area is 177 Å². The van der Waals surface area contributed by atoms with Gasteiger partial charge in [0.05, 0.1) is 24.4 Å². The highest BCUT2D eigenvalue weighted by atomic mass is 35.5. The van der Waals surface area contributed by atoms with Gasteiger partial charge in [0.2, 0.25) is 0 Å². The average Bonchev–Trinajstić information content (AvgIpc) is 3.40. The van der Waals surface area contributed by atoms with Crippen molar-refractivity contribution in [3.8, 4) is 6.07 Å². The number of halogens is 1. The van der Waals surface area contributed by atoms with Gasteiger partial charge in [-0.15, -0.1) is 0 Å². The lowest BCUT2D eigenvalue weighted by molar-refractivity contribution is 0.275. The largest absolute Gasteiger partial charge is 0.290 e. The van der Waals surface area contributed by atoms with E-state index in [1.54, 1.807) is 16.8 Å². The number of aromatic nitrogens is 3. The third-order valence-electron chi connectivity index (χ3n) is 5.56. The molecule has 0 aliphatic carbocycles. The Morgan fingerprint density at radius 2 is 1.87 bits per heavy atom. The van der Waals surface area contributed by atoms with E-state index in [9.17, 15) is 4.79 Å². The first-order valence-electron chi connectivity index (χ1n) is 9.66. The average molecular weight is 416 g/mol. The lowest BCUT2D eigenvalue weighted by Gasteiger charge is -2.14. The van der Waals surface area contributed by atoms with Crippen LogP contribution in [-0.2, 0) is 26.2 Å². The zero-order valence-corrected chi connectivity index (χ0v) is 16.9. The molecule has 1 aliphatic heterocycles. The number of pyridine rings is 1. The number of nitrogens with one attached hydrogen (secondary N) is 1. The molecule has 0 saturated carbocycles. The lowest BCUT2D eigenvalue weighted by atomic mass is 10.1. The Morgan fingerprint density at radius 3 is 2.67 bits per heavy atom. The minimum atomic E-state index is 0.00461. The van der Waals surface area contributed by atoms with Gasteiger partial charge in [0.25, 0.3) is 5.56 Å². The summed E-state index contributed by atoms with van der Waals surface area (Å²) in [6, 6.07) is 17.3. The number of hydrogen-bond acceptors (Lipinski definition) is 4. The molecule has 2 aromatic heterocycles. The second-order valence-electron chi connectivity index (χ2n) is 7.56. The molecule has 1 aliphatic rings. The molecule has 3 heterocycles. The smallest absolute Gasteiger partial charge is 0.257 e. The van der Waals surface area contributed by atoms with E-state index >= 15 is 0 Å². The van der Waals surface area contributed by atoms with Crippen molar-refractivity contribution in [3.05, 3.63) is 97.9 Å². The molecule has 0 unspecified atom stereocenters. The van der Waals surface area contributed by atoms with Crippen LogP contribution in [0.1, 0.15) is 27.8 Å². The molecule has 0 atom stereocenters. The van der Waals surface area contributed by atoms with Crippen molar-refractivity contribution in [1.29, 1.82) is 5.26 Å². The van der Waals surface area contributed by atoms with Gasteiger partial charge in [-0.1, -0.05) is 35.9 Å². The molecule has 1 N–H and O–H groups in total. The van der Waals surface area contributed by atoms with Crippen LogP contribution in [0.5, 0.6) is 0 Å². The van der Waals surface area contributed by atoms with Crippen LogP contribution in [0.2, 0.25) is 5.02 Å². The summed E-state index contributed by atoms with van der Waals surface area (Å²) in [4.78, 5) is 15.6.